The normalized spacial score (nSPS) is 19.5. The Hall–Kier alpha value is -2.32. The van der Waals surface area contributed by atoms with E-state index < -0.39 is 18.1 Å². The first kappa shape index (κ1) is 19.7. The summed E-state index contributed by atoms with van der Waals surface area (Å²) in [5, 5.41) is 15.2. The number of aliphatic hydroxyl groups excluding tert-OH is 1. The highest BCUT2D eigenvalue weighted by Crippen LogP contribution is 2.22. The van der Waals surface area contributed by atoms with E-state index in [-0.39, 0.29) is 50.8 Å². The third-order valence-electron chi connectivity index (χ3n) is 3.75. The van der Waals surface area contributed by atoms with Crippen LogP contribution in [0, 0.1) is 0 Å². The van der Waals surface area contributed by atoms with Gasteiger partial charge in [0.2, 0.25) is 11.8 Å². The molecule has 1 heterocycles. The maximum absolute atomic E-state index is 12.1. The second-order valence-corrected chi connectivity index (χ2v) is 5.46. The number of ether oxygens (including phenoxy) is 1. The van der Waals surface area contributed by atoms with Crippen molar-refractivity contribution in [3.8, 4) is 0 Å². The van der Waals surface area contributed by atoms with Crippen LogP contribution in [0.4, 0.5) is 0 Å². The van der Waals surface area contributed by atoms with Crippen molar-refractivity contribution in [2.75, 3.05) is 26.7 Å². The van der Waals surface area contributed by atoms with Crippen LogP contribution in [-0.4, -0.2) is 66.7 Å². The summed E-state index contributed by atoms with van der Waals surface area (Å²) >= 11 is 0. The highest BCUT2D eigenvalue weighted by molar-refractivity contribution is 5.81. The van der Waals surface area contributed by atoms with Gasteiger partial charge in [0.05, 0.1) is 25.6 Å². The third kappa shape index (κ3) is 6.43. The zero-order valence-corrected chi connectivity index (χ0v) is 13.7. The molecule has 1 saturated heterocycles. The first-order chi connectivity index (χ1) is 11.5. The Morgan fingerprint density at radius 2 is 2.12 bits per heavy atom. The van der Waals surface area contributed by atoms with E-state index in [1.165, 1.54) is 11.9 Å². The lowest BCUT2D eigenvalue weighted by atomic mass is 10.2. The Morgan fingerprint density at radius 3 is 2.75 bits per heavy atom. The van der Waals surface area contributed by atoms with E-state index in [2.05, 4.69) is 15.3 Å². The van der Waals surface area contributed by atoms with Crippen LogP contribution in [0.1, 0.15) is 32.1 Å². The van der Waals surface area contributed by atoms with Gasteiger partial charge in [-0.1, -0.05) is 5.11 Å². The molecule has 2 N–H and O–H groups in total. The second-order valence-electron chi connectivity index (χ2n) is 5.46. The number of amides is 2. The molecule has 0 saturated carbocycles. The van der Waals surface area contributed by atoms with Crippen molar-refractivity contribution in [2.45, 2.75) is 44.2 Å². The van der Waals surface area contributed by atoms with E-state index in [0.717, 1.165) is 0 Å². The molecule has 1 rings (SSSR count). The number of nitrogens with one attached hydrogen (secondary N) is 1. The zero-order valence-electron chi connectivity index (χ0n) is 13.7. The monoisotopic (exact) mass is 341 g/mol. The van der Waals surface area contributed by atoms with E-state index in [1.807, 2.05) is 0 Å². The largest absolute Gasteiger partial charge is 0.460 e. The van der Waals surface area contributed by atoms with Crippen molar-refractivity contribution < 1.29 is 24.2 Å². The van der Waals surface area contributed by atoms with Gasteiger partial charge in [0.1, 0.15) is 6.10 Å². The lowest BCUT2D eigenvalue weighted by Crippen LogP contribution is -2.38. The molecule has 1 unspecified atom stereocenters. The number of hydrogen-bond acceptors (Lipinski definition) is 6. The molecule has 0 aromatic carbocycles. The van der Waals surface area contributed by atoms with Gasteiger partial charge >= 0.3 is 5.97 Å². The Kier molecular flexibility index (Phi) is 8.59. The van der Waals surface area contributed by atoms with Crippen LogP contribution >= 0.6 is 0 Å². The SMILES string of the molecule is CNC(=O)CCC(=O)OC1C[C@@H](CO)N(C(=O)CCCN=[N+]=[N-])C1. The number of hydrogen-bond donors (Lipinski definition) is 2. The maximum atomic E-state index is 12.1. The van der Waals surface area contributed by atoms with Crippen molar-refractivity contribution >= 4 is 17.8 Å². The maximum Gasteiger partial charge on any atom is 0.306 e. The van der Waals surface area contributed by atoms with Crippen molar-refractivity contribution in [1.82, 2.24) is 10.2 Å². The molecule has 0 aliphatic carbocycles. The first-order valence-corrected chi connectivity index (χ1v) is 7.83. The summed E-state index contributed by atoms with van der Waals surface area (Å²) in [6.45, 7) is 0.240. The zero-order chi connectivity index (χ0) is 17.9. The van der Waals surface area contributed by atoms with Gasteiger partial charge < -0.3 is 20.1 Å². The summed E-state index contributed by atoms with van der Waals surface area (Å²) in [6, 6.07) is -0.395. The van der Waals surface area contributed by atoms with Crippen LogP contribution in [-0.2, 0) is 19.1 Å². The molecule has 24 heavy (non-hydrogen) atoms. The van der Waals surface area contributed by atoms with Crippen LogP contribution in [0.15, 0.2) is 5.11 Å². The Morgan fingerprint density at radius 1 is 1.38 bits per heavy atom. The van der Waals surface area contributed by atoms with E-state index in [0.29, 0.717) is 12.8 Å². The topological polar surface area (TPSA) is 145 Å². The van der Waals surface area contributed by atoms with E-state index >= 15 is 0 Å². The van der Waals surface area contributed by atoms with Gasteiger partial charge in [0, 0.05) is 37.8 Å². The predicted molar refractivity (Wildman–Crippen MR) is 83.6 cm³/mol. The van der Waals surface area contributed by atoms with Gasteiger partial charge in [-0.2, -0.15) is 0 Å². The third-order valence-corrected chi connectivity index (χ3v) is 3.75. The van der Waals surface area contributed by atoms with Gasteiger partial charge in [-0.25, -0.2) is 0 Å². The van der Waals surface area contributed by atoms with E-state index in [1.54, 1.807) is 0 Å². The molecule has 0 aromatic heterocycles. The van der Waals surface area contributed by atoms with Crippen molar-refractivity contribution in [1.29, 1.82) is 0 Å². The van der Waals surface area contributed by atoms with Crippen LogP contribution in [0.3, 0.4) is 0 Å². The van der Waals surface area contributed by atoms with Gasteiger partial charge in [0.25, 0.3) is 0 Å². The molecule has 10 heteroatoms. The van der Waals surface area contributed by atoms with E-state index in [9.17, 15) is 19.5 Å². The van der Waals surface area contributed by atoms with Crippen molar-refractivity contribution in [2.24, 2.45) is 5.11 Å². The molecule has 0 bridgehead atoms. The fourth-order valence-corrected chi connectivity index (χ4v) is 2.51. The van der Waals surface area contributed by atoms with Crippen LogP contribution < -0.4 is 5.32 Å². The number of likely N-dealkylation sites (tertiary alicyclic amines) is 1. The number of carbonyl (C=O) groups is 3. The van der Waals surface area contributed by atoms with Gasteiger partial charge in [-0.3, -0.25) is 14.4 Å². The number of nitrogens with zero attached hydrogens (tertiary/aromatic N) is 4. The minimum Gasteiger partial charge on any atom is -0.460 e. The summed E-state index contributed by atoms with van der Waals surface area (Å²) in [6.07, 6.45) is 0.527. The average Bonchev–Trinajstić information content (AvgIpc) is 2.99. The quantitative estimate of drug-likeness (QED) is 0.201. The summed E-state index contributed by atoms with van der Waals surface area (Å²) < 4.78 is 5.27. The summed E-state index contributed by atoms with van der Waals surface area (Å²) in [5.41, 5.74) is 8.19. The number of aliphatic hydroxyl groups is 1. The predicted octanol–water partition coefficient (Wildman–Crippen LogP) is 0.108. The fourth-order valence-electron chi connectivity index (χ4n) is 2.51. The number of azide groups is 1. The fraction of sp³-hybridized carbons (Fsp3) is 0.786. The molecule has 1 fully saturated rings. The Labute approximate surface area is 139 Å². The highest BCUT2D eigenvalue weighted by atomic mass is 16.5. The smallest absolute Gasteiger partial charge is 0.306 e. The molecule has 0 radical (unpaired) electrons. The molecule has 0 spiro atoms. The van der Waals surface area contributed by atoms with Crippen LogP contribution in [0.2, 0.25) is 0 Å². The van der Waals surface area contributed by atoms with Crippen LogP contribution in [0.5, 0.6) is 0 Å². The number of carbonyl (C=O) groups excluding carboxylic acids is 3. The van der Waals surface area contributed by atoms with Crippen LogP contribution in [0.25, 0.3) is 10.4 Å². The molecule has 2 amide bonds. The molecular formula is C14H23N5O5. The molecule has 2 atom stereocenters. The standard InChI is InChI=1S/C14H23N5O5/c1-16-12(21)4-5-14(23)24-11-7-10(9-20)19(8-11)13(22)3-2-6-17-18-15/h10-11,20H,2-9H2,1H3,(H,16,21)/t10-,11?/m0/s1. The summed E-state index contributed by atoms with van der Waals surface area (Å²) in [4.78, 5) is 39.1. The summed E-state index contributed by atoms with van der Waals surface area (Å²) in [7, 11) is 1.49. The molecule has 10 nitrogen and oxygen atoms in total. The minimum absolute atomic E-state index is 0.0277. The van der Waals surface area contributed by atoms with E-state index in [4.69, 9.17) is 10.3 Å². The molecule has 134 valence electrons. The second kappa shape index (κ2) is 10.5. The average molecular weight is 341 g/mol. The first-order valence-electron chi connectivity index (χ1n) is 7.83. The van der Waals surface area contributed by atoms with Gasteiger partial charge in [-0.15, -0.1) is 0 Å². The molecular weight excluding hydrogens is 318 g/mol. The highest BCUT2D eigenvalue weighted by Gasteiger charge is 2.36. The molecule has 1 aliphatic heterocycles. The lowest BCUT2D eigenvalue weighted by Gasteiger charge is -2.22. The molecule has 0 aromatic rings. The number of esters is 1. The number of rotatable bonds is 9. The lowest BCUT2D eigenvalue weighted by molar-refractivity contribution is -0.150. The van der Waals surface area contributed by atoms with Gasteiger partial charge in [0.15, 0.2) is 0 Å². The summed E-state index contributed by atoms with van der Waals surface area (Å²) in [5.74, 6) is -0.924. The molecule has 1 aliphatic rings. The van der Waals surface area contributed by atoms with Crippen molar-refractivity contribution in [3.63, 3.8) is 0 Å². The van der Waals surface area contributed by atoms with Crippen molar-refractivity contribution in [3.05, 3.63) is 10.4 Å². The van der Waals surface area contributed by atoms with Gasteiger partial charge in [-0.05, 0) is 12.0 Å². The Bertz CT molecular complexity index is 506. The minimum atomic E-state index is -0.502. The Balaban J connectivity index is 2.44.